The van der Waals surface area contributed by atoms with E-state index in [1.54, 1.807) is 0 Å². The van der Waals surface area contributed by atoms with Crippen molar-refractivity contribution < 1.29 is 0 Å². The van der Waals surface area contributed by atoms with Crippen molar-refractivity contribution >= 4 is 16.9 Å². The number of aromatic nitrogens is 1. The third-order valence-corrected chi connectivity index (χ3v) is 3.13. The minimum Gasteiger partial charge on any atom is -0.357 e. The number of benzene rings is 1. The fourth-order valence-corrected chi connectivity index (χ4v) is 2.19. The molecule has 0 amide bonds. The molecule has 0 saturated carbocycles. The Morgan fingerprint density at radius 3 is 2.64 bits per heavy atom. The van der Waals surface area contributed by atoms with Gasteiger partial charge in [-0.3, -0.25) is 9.98 Å². The highest BCUT2D eigenvalue weighted by molar-refractivity contribution is 5.80. The summed E-state index contributed by atoms with van der Waals surface area (Å²) in [5.74, 6) is 0.857. The average Bonchev–Trinajstić information content (AvgIpc) is 2.46. The molecule has 0 atom stereocenters. The SMILES string of the molecule is CCNC(=NCCc1ccc2ccccc2n1)NC(C)(C)C. The van der Waals surface area contributed by atoms with Crippen LogP contribution in [0.5, 0.6) is 0 Å². The van der Waals surface area contributed by atoms with E-state index in [0.717, 1.165) is 36.7 Å². The van der Waals surface area contributed by atoms with E-state index in [1.807, 2.05) is 18.2 Å². The minimum absolute atomic E-state index is 0.00219. The van der Waals surface area contributed by atoms with Crippen LogP contribution >= 0.6 is 0 Å². The van der Waals surface area contributed by atoms with Gasteiger partial charge in [-0.25, -0.2) is 0 Å². The first-order valence-corrected chi connectivity index (χ1v) is 7.89. The highest BCUT2D eigenvalue weighted by Crippen LogP contribution is 2.12. The molecule has 0 unspecified atom stereocenters. The number of hydrogen-bond acceptors (Lipinski definition) is 2. The maximum Gasteiger partial charge on any atom is 0.191 e. The van der Waals surface area contributed by atoms with Crippen LogP contribution in [-0.4, -0.2) is 29.6 Å². The molecule has 0 aliphatic carbocycles. The summed E-state index contributed by atoms with van der Waals surface area (Å²) in [6.45, 7) is 10.0. The Hall–Kier alpha value is -2.10. The molecule has 2 rings (SSSR count). The quantitative estimate of drug-likeness (QED) is 0.673. The van der Waals surface area contributed by atoms with Gasteiger partial charge >= 0.3 is 0 Å². The lowest BCUT2D eigenvalue weighted by atomic mass is 10.1. The predicted molar refractivity (Wildman–Crippen MR) is 94.3 cm³/mol. The predicted octanol–water partition coefficient (Wildman–Crippen LogP) is 3.13. The molecular weight excluding hydrogens is 272 g/mol. The highest BCUT2D eigenvalue weighted by atomic mass is 15.2. The Labute approximate surface area is 133 Å². The molecule has 0 fully saturated rings. The van der Waals surface area contributed by atoms with Crippen molar-refractivity contribution in [1.29, 1.82) is 0 Å². The van der Waals surface area contributed by atoms with Crippen LogP contribution in [0, 0.1) is 0 Å². The van der Waals surface area contributed by atoms with E-state index in [1.165, 1.54) is 5.39 Å². The van der Waals surface area contributed by atoms with Crippen molar-refractivity contribution in [3.63, 3.8) is 0 Å². The number of nitrogens with one attached hydrogen (secondary N) is 2. The van der Waals surface area contributed by atoms with Gasteiger partial charge in [0.1, 0.15) is 0 Å². The summed E-state index contributed by atoms with van der Waals surface area (Å²) in [5, 5.41) is 7.84. The summed E-state index contributed by atoms with van der Waals surface area (Å²) >= 11 is 0. The van der Waals surface area contributed by atoms with E-state index in [2.05, 4.69) is 66.5 Å². The lowest BCUT2D eigenvalue weighted by molar-refractivity contribution is 0.501. The van der Waals surface area contributed by atoms with Crippen molar-refractivity contribution in [3.05, 3.63) is 42.1 Å². The average molecular weight is 298 g/mol. The summed E-state index contributed by atoms with van der Waals surface area (Å²) in [4.78, 5) is 9.31. The first-order chi connectivity index (χ1) is 10.5. The molecule has 0 bridgehead atoms. The number of guanidine groups is 1. The first-order valence-electron chi connectivity index (χ1n) is 7.89. The number of para-hydroxylation sites is 1. The van der Waals surface area contributed by atoms with Gasteiger partial charge in [-0.1, -0.05) is 24.3 Å². The largest absolute Gasteiger partial charge is 0.357 e. The van der Waals surface area contributed by atoms with Gasteiger partial charge in [0, 0.05) is 36.1 Å². The second-order valence-electron chi connectivity index (χ2n) is 6.38. The Morgan fingerprint density at radius 1 is 1.14 bits per heavy atom. The Bertz CT molecular complexity index is 641. The van der Waals surface area contributed by atoms with Crippen LogP contribution < -0.4 is 10.6 Å². The van der Waals surface area contributed by atoms with Crippen molar-refractivity contribution in [2.24, 2.45) is 4.99 Å². The van der Waals surface area contributed by atoms with Gasteiger partial charge < -0.3 is 10.6 Å². The summed E-state index contributed by atoms with van der Waals surface area (Å²) in [6.07, 6.45) is 0.839. The molecule has 0 aliphatic rings. The van der Waals surface area contributed by atoms with Crippen molar-refractivity contribution in [3.8, 4) is 0 Å². The number of aliphatic imine (C=N–C) groups is 1. The van der Waals surface area contributed by atoms with Crippen LogP contribution in [0.3, 0.4) is 0 Å². The first kappa shape index (κ1) is 16.3. The van der Waals surface area contributed by atoms with E-state index < -0.39 is 0 Å². The number of pyridine rings is 1. The summed E-state index contributed by atoms with van der Waals surface area (Å²) in [7, 11) is 0. The van der Waals surface area contributed by atoms with Crippen LogP contribution in [0.4, 0.5) is 0 Å². The topological polar surface area (TPSA) is 49.3 Å². The highest BCUT2D eigenvalue weighted by Gasteiger charge is 2.11. The van der Waals surface area contributed by atoms with Crippen molar-refractivity contribution in [2.45, 2.75) is 39.7 Å². The van der Waals surface area contributed by atoms with E-state index >= 15 is 0 Å². The Morgan fingerprint density at radius 2 is 1.91 bits per heavy atom. The fourth-order valence-electron chi connectivity index (χ4n) is 2.19. The maximum atomic E-state index is 4.68. The molecule has 0 aliphatic heterocycles. The van der Waals surface area contributed by atoms with Crippen molar-refractivity contribution in [2.75, 3.05) is 13.1 Å². The molecule has 0 radical (unpaired) electrons. The molecule has 0 spiro atoms. The van der Waals surface area contributed by atoms with Crippen LogP contribution in [0.15, 0.2) is 41.4 Å². The van der Waals surface area contributed by atoms with Gasteiger partial charge in [0.25, 0.3) is 0 Å². The van der Waals surface area contributed by atoms with Gasteiger partial charge in [-0.2, -0.15) is 0 Å². The summed E-state index contributed by atoms with van der Waals surface area (Å²) < 4.78 is 0. The molecule has 0 saturated heterocycles. The van der Waals surface area contributed by atoms with Crippen LogP contribution in [-0.2, 0) is 6.42 Å². The fraction of sp³-hybridized carbons (Fsp3) is 0.444. The van der Waals surface area contributed by atoms with E-state index in [4.69, 9.17) is 0 Å². The van der Waals surface area contributed by atoms with Crippen LogP contribution in [0.2, 0.25) is 0 Å². The molecule has 22 heavy (non-hydrogen) atoms. The minimum atomic E-state index is 0.00219. The number of hydrogen-bond donors (Lipinski definition) is 2. The van der Waals surface area contributed by atoms with Gasteiger partial charge in [-0.05, 0) is 39.8 Å². The Balaban J connectivity index is 2.01. The lowest BCUT2D eigenvalue weighted by Gasteiger charge is -2.23. The number of nitrogens with zero attached hydrogens (tertiary/aromatic N) is 2. The Kier molecular flexibility index (Phi) is 5.36. The molecule has 4 nitrogen and oxygen atoms in total. The molecule has 2 N–H and O–H groups in total. The second-order valence-corrected chi connectivity index (χ2v) is 6.38. The zero-order valence-corrected chi connectivity index (χ0v) is 14.0. The van der Waals surface area contributed by atoms with Crippen LogP contribution in [0.1, 0.15) is 33.4 Å². The number of fused-ring (bicyclic) bond motifs is 1. The summed E-state index contributed by atoms with van der Waals surface area (Å²) in [5.41, 5.74) is 2.13. The molecular formula is C18H26N4. The van der Waals surface area contributed by atoms with Gasteiger partial charge in [0.15, 0.2) is 5.96 Å². The normalized spacial score (nSPS) is 12.5. The van der Waals surface area contributed by atoms with Gasteiger partial charge in [-0.15, -0.1) is 0 Å². The zero-order chi connectivity index (χ0) is 16.0. The summed E-state index contributed by atoms with van der Waals surface area (Å²) in [6, 6.07) is 12.4. The third kappa shape index (κ3) is 5.02. The number of rotatable bonds is 4. The smallest absolute Gasteiger partial charge is 0.191 e. The lowest BCUT2D eigenvalue weighted by Crippen LogP contribution is -2.47. The van der Waals surface area contributed by atoms with Crippen molar-refractivity contribution in [1.82, 2.24) is 15.6 Å². The van der Waals surface area contributed by atoms with Crippen LogP contribution in [0.25, 0.3) is 10.9 Å². The van der Waals surface area contributed by atoms with E-state index in [-0.39, 0.29) is 5.54 Å². The molecule has 2 aromatic rings. The van der Waals surface area contributed by atoms with E-state index in [0.29, 0.717) is 0 Å². The third-order valence-electron chi connectivity index (χ3n) is 3.13. The zero-order valence-electron chi connectivity index (χ0n) is 14.0. The van der Waals surface area contributed by atoms with Gasteiger partial charge in [0.05, 0.1) is 5.52 Å². The molecule has 1 aromatic heterocycles. The molecule has 1 aromatic carbocycles. The van der Waals surface area contributed by atoms with E-state index in [9.17, 15) is 0 Å². The molecule has 4 heteroatoms. The monoisotopic (exact) mass is 298 g/mol. The second kappa shape index (κ2) is 7.25. The standard InChI is InChI=1S/C18H26N4/c1-5-19-17(22-18(2,3)4)20-13-12-15-11-10-14-8-6-7-9-16(14)21-15/h6-11H,5,12-13H2,1-4H3,(H2,19,20,22). The molecule has 1 heterocycles. The maximum absolute atomic E-state index is 4.68. The van der Waals surface area contributed by atoms with Gasteiger partial charge in [0.2, 0.25) is 0 Å². The molecule has 118 valence electrons.